The van der Waals surface area contributed by atoms with E-state index in [2.05, 4.69) is 31.6 Å². The molecule has 0 bridgehead atoms. The van der Waals surface area contributed by atoms with Crippen LogP contribution in [0.25, 0.3) is 0 Å². The van der Waals surface area contributed by atoms with Gasteiger partial charge in [-0.15, -0.1) is 0 Å². The molecule has 0 spiro atoms. The first-order chi connectivity index (χ1) is 18.5. The number of guanidine groups is 1. The van der Waals surface area contributed by atoms with Crippen molar-refractivity contribution in [2.75, 3.05) is 19.6 Å². The predicted molar refractivity (Wildman–Crippen MR) is 143 cm³/mol. The zero-order valence-electron chi connectivity index (χ0n) is 22.2. The molecule has 1 saturated heterocycles. The number of nitrogens with zero attached hydrogens (tertiary/aromatic N) is 1. The Hall–Kier alpha value is -4.36. The number of aromatic hydroxyl groups is 1. The molecule has 1 aliphatic heterocycles. The minimum absolute atomic E-state index is 0.0431. The highest BCUT2D eigenvalue weighted by molar-refractivity contribution is 5.96. The minimum atomic E-state index is -1.08. The third kappa shape index (κ3) is 10.5. The van der Waals surface area contributed by atoms with Gasteiger partial charge in [0.2, 0.25) is 29.5 Å². The van der Waals surface area contributed by atoms with Crippen LogP contribution < -0.4 is 38.1 Å². The molecule has 1 aliphatic rings. The summed E-state index contributed by atoms with van der Waals surface area (Å²) in [4.78, 5) is 68.3. The van der Waals surface area contributed by atoms with Crippen molar-refractivity contribution in [3.05, 3.63) is 29.8 Å². The van der Waals surface area contributed by atoms with Crippen LogP contribution in [0.1, 0.15) is 38.7 Å². The van der Waals surface area contributed by atoms with Gasteiger partial charge in [-0.1, -0.05) is 32.4 Å². The van der Waals surface area contributed by atoms with Gasteiger partial charge in [-0.3, -0.25) is 29.0 Å². The molecule has 1 heterocycles. The number of aliphatic imine (C=N–C) groups is 1. The number of carbonyl (C=O) groups is 5. The summed E-state index contributed by atoms with van der Waals surface area (Å²) < 4.78 is 0. The smallest absolute Gasteiger partial charge is 0.243 e. The highest BCUT2D eigenvalue weighted by atomic mass is 16.3. The maximum absolute atomic E-state index is 13.4. The maximum atomic E-state index is 13.4. The molecule has 1 aromatic rings. The summed E-state index contributed by atoms with van der Waals surface area (Å²) in [6.45, 7) is 3.01. The summed E-state index contributed by atoms with van der Waals surface area (Å²) in [5, 5.41) is 22.4. The Bertz CT molecular complexity index is 1060. The fourth-order valence-electron chi connectivity index (χ4n) is 3.84. The van der Waals surface area contributed by atoms with Crippen LogP contribution in [-0.4, -0.2) is 78.4 Å². The molecule has 214 valence electrons. The van der Waals surface area contributed by atoms with E-state index in [4.69, 9.17) is 11.5 Å². The van der Waals surface area contributed by atoms with Crippen LogP contribution in [-0.2, 0) is 30.4 Å². The second-order valence-corrected chi connectivity index (χ2v) is 9.37. The van der Waals surface area contributed by atoms with Crippen molar-refractivity contribution in [3.8, 4) is 5.75 Å². The highest BCUT2D eigenvalue weighted by Gasteiger charge is 2.32. The van der Waals surface area contributed by atoms with Crippen molar-refractivity contribution < 1.29 is 29.1 Å². The van der Waals surface area contributed by atoms with Crippen molar-refractivity contribution in [1.82, 2.24) is 26.6 Å². The van der Waals surface area contributed by atoms with Gasteiger partial charge >= 0.3 is 0 Å². The topological polar surface area (TPSA) is 230 Å². The Kier molecular flexibility index (Phi) is 12.0. The van der Waals surface area contributed by atoms with Gasteiger partial charge in [0.1, 0.15) is 23.9 Å². The molecule has 5 amide bonds. The molecular formula is C25H38N8O6. The molecule has 0 saturated carbocycles. The lowest BCUT2D eigenvalue weighted by Gasteiger charge is -2.28. The van der Waals surface area contributed by atoms with Gasteiger partial charge in [-0.05, 0) is 36.5 Å². The monoisotopic (exact) mass is 546 g/mol. The average Bonchev–Trinajstić information content (AvgIpc) is 2.90. The number of amides is 5. The molecule has 10 N–H and O–H groups in total. The van der Waals surface area contributed by atoms with E-state index in [-0.39, 0.29) is 37.0 Å². The van der Waals surface area contributed by atoms with Crippen LogP contribution in [0.2, 0.25) is 0 Å². The summed E-state index contributed by atoms with van der Waals surface area (Å²) in [6, 6.07) is 2.99. The van der Waals surface area contributed by atoms with E-state index in [1.807, 2.05) is 6.92 Å². The van der Waals surface area contributed by atoms with E-state index >= 15 is 0 Å². The third-order valence-electron chi connectivity index (χ3n) is 6.27. The zero-order chi connectivity index (χ0) is 28.9. The molecule has 39 heavy (non-hydrogen) atoms. The van der Waals surface area contributed by atoms with Crippen LogP contribution in [0.4, 0.5) is 0 Å². The van der Waals surface area contributed by atoms with Gasteiger partial charge in [-0.25, -0.2) is 0 Å². The van der Waals surface area contributed by atoms with Gasteiger partial charge in [-0.2, -0.15) is 0 Å². The molecule has 0 aromatic heterocycles. The van der Waals surface area contributed by atoms with Gasteiger partial charge in [0, 0.05) is 13.0 Å². The molecule has 1 fully saturated rings. The van der Waals surface area contributed by atoms with Crippen molar-refractivity contribution in [1.29, 1.82) is 0 Å². The lowest BCUT2D eigenvalue weighted by molar-refractivity contribution is -0.134. The van der Waals surface area contributed by atoms with E-state index in [1.165, 1.54) is 12.1 Å². The van der Waals surface area contributed by atoms with Gasteiger partial charge in [0.15, 0.2) is 5.96 Å². The Morgan fingerprint density at radius 3 is 2.23 bits per heavy atom. The number of nitrogens with two attached hydrogens (primary N) is 2. The number of nitrogens with one attached hydrogen (secondary N) is 5. The van der Waals surface area contributed by atoms with Gasteiger partial charge in [0.25, 0.3) is 0 Å². The fourth-order valence-corrected chi connectivity index (χ4v) is 3.84. The Morgan fingerprint density at radius 1 is 0.923 bits per heavy atom. The lowest BCUT2D eigenvalue weighted by Crippen LogP contribution is -2.59. The highest BCUT2D eigenvalue weighted by Crippen LogP contribution is 2.13. The largest absolute Gasteiger partial charge is 0.508 e. The van der Waals surface area contributed by atoms with Crippen LogP contribution in [0.3, 0.4) is 0 Å². The first-order valence-electron chi connectivity index (χ1n) is 12.8. The zero-order valence-corrected chi connectivity index (χ0v) is 22.2. The Morgan fingerprint density at radius 2 is 1.59 bits per heavy atom. The first-order valence-corrected chi connectivity index (χ1v) is 12.8. The SMILES string of the molecule is CCC(C)C1NC(=O)C(Cc2ccc(O)cc2)NC(=O)CNC(=O)CNC(=O)C(CCCN=C(N)N)NC1=O. The van der Waals surface area contributed by atoms with Crippen LogP contribution >= 0.6 is 0 Å². The van der Waals surface area contributed by atoms with Crippen molar-refractivity contribution in [2.45, 2.75) is 57.7 Å². The summed E-state index contributed by atoms with van der Waals surface area (Å²) in [6.07, 6.45) is 1.12. The van der Waals surface area contributed by atoms with E-state index in [0.29, 0.717) is 18.4 Å². The van der Waals surface area contributed by atoms with Crippen molar-refractivity contribution in [2.24, 2.45) is 22.4 Å². The molecule has 4 atom stereocenters. The standard InChI is InChI=1S/C25H38N8O6/c1-3-14(2)21-24(39)32-17(5-4-10-28-25(26)27)22(37)30-12-19(35)29-13-20(36)31-18(23(38)33-21)11-15-6-8-16(34)9-7-15/h6-9,14,17-18,21,34H,3-5,10-13H2,1-2H3,(H,29,35)(H,30,37)(H,31,36)(H,32,39)(H,33,38)(H4,26,27,28). The normalized spacial score (nSPS) is 22.1. The summed E-state index contributed by atoms with van der Waals surface area (Å²) in [5.74, 6) is -3.46. The number of hydrogen-bond donors (Lipinski definition) is 8. The summed E-state index contributed by atoms with van der Waals surface area (Å²) in [7, 11) is 0. The van der Waals surface area contributed by atoms with Gasteiger partial charge in [0.05, 0.1) is 13.1 Å². The quantitative estimate of drug-likeness (QED) is 0.100. The van der Waals surface area contributed by atoms with E-state index in [1.54, 1.807) is 19.1 Å². The third-order valence-corrected chi connectivity index (χ3v) is 6.27. The molecule has 1 aromatic carbocycles. The predicted octanol–water partition coefficient (Wildman–Crippen LogP) is -2.27. The maximum Gasteiger partial charge on any atom is 0.243 e. The number of carbonyl (C=O) groups excluding carboxylic acids is 5. The van der Waals surface area contributed by atoms with E-state index < -0.39 is 60.8 Å². The molecule has 0 radical (unpaired) electrons. The molecule has 2 rings (SSSR count). The van der Waals surface area contributed by atoms with Crippen LogP contribution in [0.5, 0.6) is 5.75 Å². The Labute approximate surface area is 226 Å². The summed E-state index contributed by atoms with van der Waals surface area (Å²) in [5.41, 5.74) is 11.3. The Balaban J connectivity index is 2.34. The van der Waals surface area contributed by atoms with Gasteiger partial charge < -0.3 is 43.2 Å². The summed E-state index contributed by atoms with van der Waals surface area (Å²) >= 11 is 0. The lowest BCUT2D eigenvalue weighted by atomic mass is 9.96. The van der Waals surface area contributed by atoms with E-state index in [0.717, 1.165) is 0 Å². The van der Waals surface area contributed by atoms with E-state index in [9.17, 15) is 29.1 Å². The average molecular weight is 547 g/mol. The van der Waals surface area contributed by atoms with Crippen molar-refractivity contribution >= 4 is 35.5 Å². The number of phenols is 1. The number of benzene rings is 1. The molecule has 4 unspecified atom stereocenters. The van der Waals surface area contributed by atoms with Crippen molar-refractivity contribution in [3.63, 3.8) is 0 Å². The fraction of sp³-hybridized carbons (Fsp3) is 0.520. The minimum Gasteiger partial charge on any atom is -0.508 e. The molecule has 0 aliphatic carbocycles. The molecule has 14 nitrogen and oxygen atoms in total. The first kappa shape index (κ1) is 30.9. The second kappa shape index (κ2) is 15.1. The second-order valence-electron chi connectivity index (χ2n) is 9.37. The molecular weight excluding hydrogens is 508 g/mol. The number of hydrogen-bond acceptors (Lipinski definition) is 7. The van der Waals surface area contributed by atoms with Crippen LogP contribution in [0, 0.1) is 5.92 Å². The number of phenolic OH excluding ortho intramolecular Hbond substituents is 1. The molecule has 14 heteroatoms. The number of rotatable bonds is 8. The van der Waals surface area contributed by atoms with Crippen LogP contribution in [0.15, 0.2) is 29.3 Å².